The summed E-state index contributed by atoms with van der Waals surface area (Å²) >= 11 is 0. The average molecular weight is 166 g/mol. The van der Waals surface area contributed by atoms with Crippen LogP contribution in [0.5, 0.6) is 0 Å². The summed E-state index contributed by atoms with van der Waals surface area (Å²) in [5.41, 5.74) is 5.28. The van der Waals surface area contributed by atoms with Crippen molar-refractivity contribution in [3.63, 3.8) is 0 Å². The number of carbonyl (C=O) groups excluding carboxylic acids is 1. The van der Waals surface area contributed by atoms with Gasteiger partial charge in [-0.1, -0.05) is 6.58 Å². The Morgan fingerprint density at radius 3 is 2.70 bits per heavy atom. The molecule has 0 aliphatic heterocycles. The molecule has 0 spiro atoms. The Morgan fingerprint density at radius 2 is 2.40 bits per heavy atom. The molecular weight excluding hydrogens is 154 g/mol. The van der Waals surface area contributed by atoms with E-state index in [-0.39, 0.29) is 25.1 Å². The number of carbonyl (C=O) groups is 1. The molecule has 10 heavy (non-hydrogen) atoms. The second kappa shape index (κ2) is 6.58. The third kappa shape index (κ3) is 7.46. The van der Waals surface area contributed by atoms with Crippen LogP contribution in [0.15, 0.2) is 12.7 Å². The van der Waals surface area contributed by atoms with Gasteiger partial charge in [0.25, 0.3) is 0 Å². The van der Waals surface area contributed by atoms with Crippen molar-refractivity contribution in [2.45, 2.75) is 13.0 Å². The van der Waals surface area contributed by atoms with E-state index in [2.05, 4.69) is 11.3 Å². The summed E-state index contributed by atoms with van der Waals surface area (Å²) in [6, 6.07) is -0.103. The lowest BCUT2D eigenvalue weighted by molar-refractivity contribution is -0.138. The van der Waals surface area contributed by atoms with Gasteiger partial charge in [-0.25, -0.2) is 4.79 Å². The van der Waals surface area contributed by atoms with E-state index in [1.807, 2.05) is 0 Å². The summed E-state index contributed by atoms with van der Waals surface area (Å²) < 4.78 is 4.57. The highest BCUT2D eigenvalue weighted by Gasteiger charge is 1.96. The highest BCUT2D eigenvalue weighted by Crippen LogP contribution is 1.81. The van der Waals surface area contributed by atoms with Crippen LogP contribution in [-0.4, -0.2) is 18.6 Å². The maximum absolute atomic E-state index is 10.3. The first-order valence-corrected chi connectivity index (χ1v) is 2.71. The largest absolute Gasteiger partial charge is 0.461 e. The second-order valence-electron chi connectivity index (χ2n) is 1.81. The minimum Gasteiger partial charge on any atom is -0.461 e. The molecule has 0 heterocycles. The minimum atomic E-state index is -0.424. The van der Waals surface area contributed by atoms with Gasteiger partial charge in [-0.2, -0.15) is 0 Å². The maximum Gasteiger partial charge on any atom is 0.330 e. The summed E-state index contributed by atoms with van der Waals surface area (Å²) in [7, 11) is 0. The Balaban J connectivity index is 0. The van der Waals surface area contributed by atoms with Crippen LogP contribution in [0.3, 0.4) is 0 Å². The number of ether oxygens (including phenoxy) is 1. The van der Waals surface area contributed by atoms with E-state index >= 15 is 0 Å². The molecule has 1 unspecified atom stereocenters. The molecule has 0 aliphatic carbocycles. The van der Waals surface area contributed by atoms with Crippen LogP contribution in [0.25, 0.3) is 0 Å². The molecule has 0 aliphatic rings. The molecule has 1 atom stereocenters. The molecule has 0 bridgehead atoms. The van der Waals surface area contributed by atoms with Crippen molar-refractivity contribution in [1.82, 2.24) is 0 Å². The van der Waals surface area contributed by atoms with Crippen molar-refractivity contribution in [1.29, 1.82) is 0 Å². The number of nitrogens with two attached hydrogens (primary N) is 1. The van der Waals surface area contributed by atoms with Crippen LogP contribution in [0.2, 0.25) is 0 Å². The Bertz CT molecular complexity index is 114. The molecule has 0 amide bonds. The summed E-state index contributed by atoms with van der Waals surface area (Å²) in [6.45, 7) is 5.24. The van der Waals surface area contributed by atoms with Gasteiger partial charge < -0.3 is 10.5 Å². The molecule has 0 saturated heterocycles. The zero-order valence-corrected chi connectivity index (χ0v) is 6.69. The van der Waals surface area contributed by atoms with E-state index < -0.39 is 5.97 Å². The third-order valence-electron chi connectivity index (χ3n) is 0.655. The molecule has 0 radical (unpaired) electrons. The summed E-state index contributed by atoms with van der Waals surface area (Å²) in [4.78, 5) is 10.3. The van der Waals surface area contributed by atoms with Gasteiger partial charge in [-0.3, -0.25) is 0 Å². The topological polar surface area (TPSA) is 52.3 Å². The Morgan fingerprint density at radius 1 is 1.90 bits per heavy atom. The van der Waals surface area contributed by atoms with Gasteiger partial charge in [-0.05, 0) is 6.92 Å². The molecule has 4 heteroatoms. The van der Waals surface area contributed by atoms with Crippen LogP contribution in [0, 0.1) is 0 Å². The van der Waals surface area contributed by atoms with Gasteiger partial charge in [0.15, 0.2) is 0 Å². The quantitative estimate of drug-likeness (QED) is 0.489. The molecule has 0 saturated carbocycles. The predicted octanol–water partition coefficient (Wildman–Crippen LogP) is 0.485. The van der Waals surface area contributed by atoms with Gasteiger partial charge in [-0.15, -0.1) is 12.4 Å². The first-order chi connectivity index (χ1) is 4.16. The van der Waals surface area contributed by atoms with Crippen LogP contribution in [0.4, 0.5) is 0 Å². The molecule has 0 aromatic rings. The molecule has 0 rings (SSSR count). The van der Waals surface area contributed by atoms with Crippen molar-refractivity contribution in [3.05, 3.63) is 12.7 Å². The average Bonchev–Trinajstić information content (AvgIpc) is 1.83. The normalized spacial score (nSPS) is 11.0. The van der Waals surface area contributed by atoms with Crippen molar-refractivity contribution in [3.8, 4) is 0 Å². The predicted molar refractivity (Wildman–Crippen MR) is 42.1 cm³/mol. The number of esters is 1. The standard InChI is InChI=1S/C6H11NO2.ClH/c1-3-6(8)9-4-5(2)7;/h3,5H,1,4,7H2,2H3;1H. The molecule has 3 nitrogen and oxygen atoms in total. The van der Waals surface area contributed by atoms with Crippen molar-refractivity contribution in [2.24, 2.45) is 5.73 Å². The first-order valence-electron chi connectivity index (χ1n) is 2.71. The maximum atomic E-state index is 10.3. The molecule has 2 N–H and O–H groups in total. The van der Waals surface area contributed by atoms with E-state index in [0.29, 0.717) is 0 Å². The zero-order chi connectivity index (χ0) is 7.28. The highest BCUT2D eigenvalue weighted by molar-refractivity contribution is 5.85. The van der Waals surface area contributed by atoms with E-state index in [1.54, 1.807) is 6.92 Å². The fourth-order valence-corrected chi connectivity index (χ4v) is 0.273. The van der Waals surface area contributed by atoms with Crippen LogP contribution < -0.4 is 5.73 Å². The first kappa shape index (κ1) is 12.2. The summed E-state index contributed by atoms with van der Waals surface area (Å²) in [5.74, 6) is -0.424. The summed E-state index contributed by atoms with van der Waals surface area (Å²) in [5, 5.41) is 0. The lowest BCUT2D eigenvalue weighted by atomic mass is 10.4. The van der Waals surface area contributed by atoms with Gasteiger partial charge in [0.05, 0.1) is 0 Å². The van der Waals surface area contributed by atoms with Gasteiger partial charge in [0.1, 0.15) is 6.61 Å². The Labute approximate surface area is 66.6 Å². The lowest BCUT2D eigenvalue weighted by Gasteiger charge is -2.03. The molecule has 0 fully saturated rings. The highest BCUT2D eigenvalue weighted by atomic mass is 35.5. The van der Waals surface area contributed by atoms with Crippen LogP contribution in [0.1, 0.15) is 6.92 Å². The number of hydrogen-bond acceptors (Lipinski definition) is 3. The van der Waals surface area contributed by atoms with Crippen molar-refractivity contribution < 1.29 is 9.53 Å². The summed E-state index contributed by atoms with van der Waals surface area (Å²) in [6.07, 6.45) is 1.11. The van der Waals surface area contributed by atoms with E-state index in [0.717, 1.165) is 6.08 Å². The van der Waals surface area contributed by atoms with E-state index in [4.69, 9.17) is 5.73 Å². The lowest BCUT2D eigenvalue weighted by Crippen LogP contribution is -2.23. The van der Waals surface area contributed by atoms with Crippen LogP contribution >= 0.6 is 12.4 Å². The second-order valence-corrected chi connectivity index (χ2v) is 1.81. The smallest absolute Gasteiger partial charge is 0.330 e. The molecule has 0 aromatic carbocycles. The van der Waals surface area contributed by atoms with E-state index in [9.17, 15) is 4.79 Å². The Kier molecular flexibility index (Phi) is 8.00. The number of hydrogen-bond donors (Lipinski definition) is 1. The SMILES string of the molecule is C=CC(=O)OCC(C)N.Cl. The zero-order valence-electron chi connectivity index (χ0n) is 5.87. The van der Waals surface area contributed by atoms with Crippen LogP contribution in [-0.2, 0) is 9.53 Å². The fraction of sp³-hybridized carbons (Fsp3) is 0.500. The van der Waals surface area contributed by atoms with Gasteiger partial charge in [0.2, 0.25) is 0 Å². The minimum absolute atomic E-state index is 0. The van der Waals surface area contributed by atoms with Gasteiger partial charge in [0, 0.05) is 12.1 Å². The Hall–Kier alpha value is -0.540. The molecule has 0 aromatic heterocycles. The number of halogens is 1. The van der Waals surface area contributed by atoms with Crippen molar-refractivity contribution in [2.75, 3.05) is 6.61 Å². The van der Waals surface area contributed by atoms with Gasteiger partial charge >= 0.3 is 5.97 Å². The molecule has 60 valence electrons. The fourth-order valence-electron chi connectivity index (χ4n) is 0.273. The monoisotopic (exact) mass is 165 g/mol. The van der Waals surface area contributed by atoms with Crippen molar-refractivity contribution >= 4 is 18.4 Å². The molecular formula is C6H12ClNO2. The third-order valence-corrected chi connectivity index (χ3v) is 0.655. The van der Waals surface area contributed by atoms with E-state index in [1.165, 1.54) is 0 Å². The number of rotatable bonds is 3.